The summed E-state index contributed by atoms with van der Waals surface area (Å²) in [6, 6.07) is 10.0. The zero-order chi connectivity index (χ0) is 32.0. The normalized spacial score (nSPS) is 23.3. The topological polar surface area (TPSA) is 126 Å². The Labute approximate surface area is 243 Å². The summed E-state index contributed by atoms with van der Waals surface area (Å²) in [7, 11) is 2.20. The summed E-state index contributed by atoms with van der Waals surface area (Å²) < 4.78 is 69.9. The number of aliphatic carboxylic acids is 2. The molecule has 10 nitrogen and oxygen atoms in total. The second-order valence-corrected chi connectivity index (χ2v) is 10.9. The number of hydrogen-bond donors (Lipinski definition) is 3. The van der Waals surface area contributed by atoms with Crippen molar-refractivity contribution < 1.29 is 55.7 Å². The highest BCUT2D eigenvalue weighted by Gasteiger charge is 2.45. The Morgan fingerprint density at radius 1 is 0.977 bits per heavy atom. The van der Waals surface area contributed by atoms with Crippen LogP contribution in [-0.4, -0.2) is 125 Å². The van der Waals surface area contributed by atoms with Gasteiger partial charge >= 0.3 is 24.3 Å². The Morgan fingerprint density at radius 2 is 1.56 bits per heavy atom. The van der Waals surface area contributed by atoms with E-state index in [2.05, 4.69) is 21.8 Å². The van der Waals surface area contributed by atoms with Crippen LogP contribution < -0.4 is 0 Å². The number of nitrogens with one attached hydrogen (secondary N) is 1. The number of likely N-dealkylation sites (tertiary alicyclic amines) is 1. The number of rotatable bonds is 3. The molecular weight excluding hydrogens is 590 g/mol. The van der Waals surface area contributed by atoms with Gasteiger partial charge in [-0.1, -0.05) is 18.2 Å². The van der Waals surface area contributed by atoms with Crippen molar-refractivity contribution in [3.05, 3.63) is 36.0 Å². The number of piperazine rings is 1. The summed E-state index contributed by atoms with van der Waals surface area (Å²) in [5, 5.41) is 15.3. The minimum Gasteiger partial charge on any atom is -0.475 e. The molecule has 0 radical (unpaired) electrons. The van der Waals surface area contributed by atoms with E-state index in [0.717, 1.165) is 82.6 Å². The molecule has 3 aliphatic rings. The van der Waals surface area contributed by atoms with E-state index in [0.29, 0.717) is 11.6 Å². The largest absolute Gasteiger partial charge is 0.490 e. The molecule has 2 atom stereocenters. The number of likely N-dealkylation sites (N-methyl/N-ethyl adjacent to an activating group) is 1. The van der Waals surface area contributed by atoms with Gasteiger partial charge in [0.1, 0.15) is 5.69 Å². The minimum absolute atomic E-state index is 0.103. The molecular formula is C27H34F6N4O6. The first-order valence-corrected chi connectivity index (χ1v) is 13.5. The highest BCUT2D eigenvalue weighted by atomic mass is 19.4. The first-order valence-electron chi connectivity index (χ1n) is 13.5. The van der Waals surface area contributed by atoms with Gasteiger partial charge in [-0.25, -0.2) is 9.59 Å². The van der Waals surface area contributed by atoms with Crippen molar-refractivity contribution in [2.45, 2.75) is 37.2 Å². The lowest BCUT2D eigenvalue weighted by atomic mass is 9.86. The molecule has 3 N–H and O–H groups in total. The summed E-state index contributed by atoms with van der Waals surface area (Å²) in [5.74, 6) is -4.83. The van der Waals surface area contributed by atoms with Gasteiger partial charge in [0.05, 0.1) is 18.8 Å². The van der Waals surface area contributed by atoms with Crippen molar-refractivity contribution in [1.29, 1.82) is 0 Å². The Hall–Kier alpha value is -3.37. The van der Waals surface area contributed by atoms with Crippen molar-refractivity contribution in [2.75, 3.05) is 59.5 Å². The highest BCUT2D eigenvalue weighted by molar-refractivity contribution is 5.98. The number of fused-ring (bicyclic) bond motifs is 1. The second-order valence-electron chi connectivity index (χ2n) is 10.9. The lowest BCUT2D eigenvalue weighted by Gasteiger charge is -2.40. The third-order valence-electron chi connectivity index (χ3n) is 7.47. The quantitative estimate of drug-likeness (QED) is 0.442. The molecule has 1 aromatic carbocycles. The number of halogens is 6. The number of benzene rings is 1. The van der Waals surface area contributed by atoms with E-state index in [9.17, 15) is 31.1 Å². The average Bonchev–Trinajstić information content (AvgIpc) is 3.53. The van der Waals surface area contributed by atoms with Crippen LogP contribution in [0.1, 0.15) is 29.8 Å². The molecule has 2 unspecified atom stereocenters. The van der Waals surface area contributed by atoms with E-state index in [1.807, 2.05) is 35.2 Å². The predicted octanol–water partition coefficient (Wildman–Crippen LogP) is 3.69. The third kappa shape index (κ3) is 9.83. The van der Waals surface area contributed by atoms with E-state index in [-0.39, 0.29) is 11.5 Å². The van der Waals surface area contributed by atoms with Crippen LogP contribution in [0.4, 0.5) is 26.3 Å². The van der Waals surface area contributed by atoms with E-state index >= 15 is 0 Å². The Kier molecular flexibility index (Phi) is 11.1. The number of amides is 1. The highest BCUT2D eigenvalue weighted by Crippen LogP contribution is 2.38. The van der Waals surface area contributed by atoms with Crippen LogP contribution in [0.15, 0.2) is 30.3 Å². The Balaban J connectivity index is 0.000000303. The minimum atomic E-state index is -5.08. The third-order valence-corrected chi connectivity index (χ3v) is 7.47. The van der Waals surface area contributed by atoms with E-state index < -0.39 is 24.3 Å². The molecule has 0 aliphatic carbocycles. The van der Waals surface area contributed by atoms with Gasteiger partial charge in [0.2, 0.25) is 0 Å². The lowest BCUT2D eigenvalue weighted by molar-refractivity contribution is -0.193. The maximum absolute atomic E-state index is 13.2. The fourth-order valence-corrected chi connectivity index (χ4v) is 5.37. The molecule has 1 spiro atoms. The van der Waals surface area contributed by atoms with Crippen molar-refractivity contribution in [3.8, 4) is 0 Å². The van der Waals surface area contributed by atoms with Crippen molar-refractivity contribution in [3.63, 3.8) is 0 Å². The first kappa shape index (κ1) is 34.1. The zero-order valence-corrected chi connectivity index (χ0v) is 23.4. The molecule has 3 aliphatic heterocycles. The van der Waals surface area contributed by atoms with Crippen LogP contribution in [0.2, 0.25) is 0 Å². The van der Waals surface area contributed by atoms with Gasteiger partial charge in [0, 0.05) is 50.2 Å². The van der Waals surface area contributed by atoms with Crippen molar-refractivity contribution in [1.82, 2.24) is 19.7 Å². The molecule has 0 bridgehead atoms. The number of carbonyl (C=O) groups excluding carboxylic acids is 1. The van der Waals surface area contributed by atoms with E-state index in [4.69, 9.17) is 24.5 Å². The molecule has 240 valence electrons. The monoisotopic (exact) mass is 624 g/mol. The number of carbonyl (C=O) groups is 3. The van der Waals surface area contributed by atoms with E-state index in [1.165, 1.54) is 0 Å². The molecule has 43 heavy (non-hydrogen) atoms. The number of nitrogens with zero attached hydrogens (tertiary/aromatic N) is 3. The fraction of sp³-hybridized carbons (Fsp3) is 0.593. The number of ether oxygens (including phenoxy) is 1. The molecule has 1 aromatic heterocycles. The Bertz CT molecular complexity index is 1200. The molecule has 4 heterocycles. The molecule has 5 rings (SSSR count). The van der Waals surface area contributed by atoms with Crippen LogP contribution in [0.3, 0.4) is 0 Å². The summed E-state index contributed by atoms with van der Waals surface area (Å²) in [6.45, 7) is 8.14. The number of piperidine rings is 1. The summed E-state index contributed by atoms with van der Waals surface area (Å²) >= 11 is 0. The zero-order valence-electron chi connectivity index (χ0n) is 23.4. The number of aromatic nitrogens is 1. The van der Waals surface area contributed by atoms with E-state index in [1.54, 1.807) is 0 Å². The van der Waals surface area contributed by atoms with Crippen LogP contribution in [0, 0.1) is 5.92 Å². The molecule has 0 saturated carbocycles. The molecule has 3 saturated heterocycles. The average molecular weight is 625 g/mol. The van der Waals surface area contributed by atoms with Crippen molar-refractivity contribution >= 4 is 28.7 Å². The standard InChI is InChI=1S/C23H32N4O2.2C2HF3O2/c1-25-9-11-26(12-10-25)15-18-14-23(29-16-18)7-4-8-27(17-23)22(28)21-13-19-5-2-3-6-20(19)24-21;2*3-2(4,5)1(6)7/h2-3,5-6,13,18,24H,4,7-12,14-17H2,1H3;2*(H,6,7). The molecule has 2 aromatic rings. The molecule has 16 heteroatoms. The van der Waals surface area contributed by atoms with Crippen LogP contribution >= 0.6 is 0 Å². The number of hydrogen-bond acceptors (Lipinski definition) is 6. The predicted molar refractivity (Wildman–Crippen MR) is 142 cm³/mol. The number of aromatic amines is 1. The molecule has 1 amide bonds. The van der Waals surface area contributed by atoms with Gasteiger partial charge in [-0.15, -0.1) is 0 Å². The van der Waals surface area contributed by atoms with Crippen LogP contribution in [0.5, 0.6) is 0 Å². The maximum atomic E-state index is 13.2. The summed E-state index contributed by atoms with van der Waals surface area (Å²) in [5.41, 5.74) is 1.57. The van der Waals surface area contributed by atoms with Gasteiger partial charge < -0.3 is 34.6 Å². The number of alkyl halides is 6. The maximum Gasteiger partial charge on any atom is 0.490 e. The van der Waals surface area contributed by atoms with Crippen LogP contribution in [-0.2, 0) is 14.3 Å². The number of carboxylic acids is 2. The SMILES string of the molecule is CN1CCN(CC2COC3(CCCN(C(=O)c4cc5ccccc5[nH]4)C3)C2)CC1.O=C(O)C(F)(F)F.O=C(O)C(F)(F)F. The van der Waals surface area contributed by atoms with Gasteiger partial charge in [0.25, 0.3) is 5.91 Å². The Morgan fingerprint density at radius 3 is 2.12 bits per heavy atom. The van der Waals surface area contributed by atoms with Crippen LogP contribution in [0.25, 0.3) is 10.9 Å². The van der Waals surface area contributed by atoms with Gasteiger partial charge in [0.15, 0.2) is 0 Å². The first-order chi connectivity index (χ1) is 20.0. The van der Waals surface area contributed by atoms with Crippen molar-refractivity contribution in [2.24, 2.45) is 5.92 Å². The van der Waals surface area contributed by atoms with Gasteiger partial charge in [-0.2, -0.15) is 26.3 Å². The number of H-pyrrole nitrogens is 1. The lowest BCUT2D eigenvalue weighted by Crippen LogP contribution is -2.50. The second kappa shape index (κ2) is 13.9. The summed E-state index contributed by atoms with van der Waals surface area (Å²) in [4.78, 5) is 41.2. The number of para-hydroxylation sites is 1. The fourth-order valence-electron chi connectivity index (χ4n) is 5.37. The van der Waals surface area contributed by atoms with Gasteiger partial charge in [-0.3, -0.25) is 4.79 Å². The van der Waals surface area contributed by atoms with Gasteiger partial charge in [-0.05, 0) is 44.4 Å². The number of carboxylic acid groups (broad SMARTS) is 2. The molecule has 3 fully saturated rings. The smallest absolute Gasteiger partial charge is 0.475 e. The summed E-state index contributed by atoms with van der Waals surface area (Å²) in [6.07, 6.45) is -6.99.